The summed E-state index contributed by atoms with van der Waals surface area (Å²) in [5.41, 5.74) is 7.86. The van der Waals surface area contributed by atoms with Crippen molar-refractivity contribution in [3.63, 3.8) is 0 Å². The summed E-state index contributed by atoms with van der Waals surface area (Å²) in [6, 6.07) is 7.94. The topological polar surface area (TPSA) is 26.3 Å². The Labute approximate surface area is 151 Å². The molecule has 3 rings (SSSR count). The molecule has 1 aliphatic rings. The van der Waals surface area contributed by atoms with Crippen LogP contribution in [0.5, 0.6) is 5.75 Å². The van der Waals surface area contributed by atoms with E-state index in [0.717, 1.165) is 36.1 Å². The number of carbonyl (C=O) groups excluding carboxylic acids is 1. The van der Waals surface area contributed by atoms with Crippen molar-refractivity contribution in [2.24, 2.45) is 0 Å². The molecular weight excluding hydrogens is 308 g/mol. The Morgan fingerprint density at radius 2 is 1.44 bits per heavy atom. The maximum Gasteiger partial charge on any atom is 0.326 e. The van der Waals surface area contributed by atoms with Crippen molar-refractivity contribution >= 4 is 5.97 Å². The molecule has 25 heavy (non-hydrogen) atoms. The highest BCUT2D eigenvalue weighted by Crippen LogP contribution is 2.50. The molecule has 1 atom stereocenters. The molecule has 132 valence electrons. The maximum absolute atomic E-state index is 13.2. The lowest BCUT2D eigenvalue weighted by molar-refractivity contribution is -0.137. The highest BCUT2D eigenvalue weighted by molar-refractivity contribution is 5.95. The second kappa shape index (κ2) is 6.33. The van der Waals surface area contributed by atoms with E-state index in [1.807, 2.05) is 18.2 Å². The molecule has 1 aliphatic heterocycles. The lowest BCUT2D eigenvalue weighted by Crippen LogP contribution is -2.37. The zero-order chi connectivity index (χ0) is 18.4. The third-order valence-corrected chi connectivity index (χ3v) is 6.23. The first-order chi connectivity index (χ1) is 11.9. The summed E-state index contributed by atoms with van der Waals surface area (Å²) in [5.74, 6) is 0.606. The van der Waals surface area contributed by atoms with Crippen LogP contribution in [0.25, 0.3) is 0 Å². The first-order valence-corrected chi connectivity index (χ1v) is 9.25. The summed E-state index contributed by atoms with van der Waals surface area (Å²) in [4.78, 5) is 13.2. The average molecular weight is 336 g/mol. The smallest absolute Gasteiger partial charge is 0.326 e. The van der Waals surface area contributed by atoms with Crippen molar-refractivity contribution in [1.29, 1.82) is 0 Å². The Morgan fingerprint density at radius 3 is 2.04 bits per heavy atom. The van der Waals surface area contributed by atoms with Gasteiger partial charge in [0.2, 0.25) is 0 Å². The van der Waals surface area contributed by atoms with Crippen molar-refractivity contribution in [1.82, 2.24) is 0 Å². The number of ether oxygens (including phenoxy) is 1. The highest BCUT2D eigenvalue weighted by atomic mass is 16.5. The predicted molar refractivity (Wildman–Crippen MR) is 103 cm³/mol. The largest absolute Gasteiger partial charge is 0.425 e. The van der Waals surface area contributed by atoms with Crippen LogP contribution >= 0.6 is 0 Å². The molecule has 0 radical (unpaired) electrons. The SMILES string of the molecule is CCCCC1(c2c(C)c(C)c(C)c(C)c2C)C(=O)Oc2ccccc21. The standard InChI is InChI=1S/C23H28O2/c1-7-8-13-23(19-11-9-10-12-20(19)25-22(23)24)21-17(5)15(3)14(2)16(4)18(21)6/h9-12H,7-8,13H2,1-6H3. The van der Waals surface area contributed by atoms with E-state index in [0.29, 0.717) is 0 Å². The third kappa shape index (κ3) is 2.42. The van der Waals surface area contributed by atoms with E-state index < -0.39 is 5.41 Å². The molecule has 0 amide bonds. The molecule has 2 aromatic carbocycles. The third-order valence-electron chi connectivity index (χ3n) is 6.23. The zero-order valence-electron chi connectivity index (χ0n) is 16.2. The summed E-state index contributed by atoms with van der Waals surface area (Å²) >= 11 is 0. The summed E-state index contributed by atoms with van der Waals surface area (Å²) in [7, 11) is 0. The Kier molecular flexibility index (Phi) is 4.49. The van der Waals surface area contributed by atoms with Gasteiger partial charge >= 0.3 is 5.97 Å². The fourth-order valence-corrected chi connectivity index (χ4v) is 4.39. The van der Waals surface area contributed by atoms with E-state index in [9.17, 15) is 4.79 Å². The van der Waals surface area contributed by atoms with Crippen LogP contribution in [0.15, 0.2) is 24.3 Å². The molecule has 1 heterocycles. The van der Waals surface area contributed by atoms with Crippen molar-refractivity contribution in [3.8, 4) is 5.75 Å². The molecule has 0 bridgehead atoms. The number of carbonyl (C=O) groups is 1. The van der Waals surface area contributed by atoms with Gasteiger partial charge in [0.25, 0.3) is 0 Å². The van der Waals surface area contributed by atoms with Crippen molar-refractivity contribution in [2.45, 2.75) is 66.2 Å². The van der Waals surface area contributed by atoms with E-state index in [1.165, 1.54) is 27.8 Å². The minimum atomic E-state index is -0.677. The van der Waals surface area contributed by atoms with Crippen molar-refractivity contribution in [2.75, 3.05) is 0 Å². The van der Waals surface area contributed by atoms with Gasteiger partial charge in [-0.2, -0.15) is 0 Å². The first-order valence-electron chi connectivity index (χ1n) is 9.25. The number of hydrogen-bond acceptors (Lipinski definition) is 2. The Balaban J connectivity index is 2.39. The lowest BCUT2D eigenvalue weighted by Gasteiger charge is -2.32. The maximum atomic E-state index is 13.2. The molecule has 0 saturated heterocycles. The Bertz CT molecular complexity index is 818. The summed E-state index contributed by atoms with van der Waals surface area (Å²) < 4.78 is 5.76. The second-order valence-corrected chi connectivity index (χ2v) is 7.39. The van der Waals surface area contributed by atoms with Crippen molar-refractivity contribution in [3.05, 3.63) is 63.2 Å². The Hall–Kier alpha value is -2.09. The number of benzene rings is 2. The van der Waals surface area contributed by atoms with Gasteiger partial charge in [0, 0.05) is 5.56 Å². The molecule has 0 fully saturated rings. The molecule has 0 N–H and O–H groups in total. The molecular formula is C23H28O2. The predicted octanol–water partition coefficient (Wildman–Crippen LogP) is 5.62. The Morgan fingerprint density at radius 1 is 0.880 bits per heavy atom. The van der Waals surface area contributed by atoms with Gasteiger partial charge in [0.05, 0.1) is 0 Å². The van der Waals surface area contributed by atoms with E-state index in [1.54, 1.807) is 0 Å². The number of para-hydroxylation sites is 1. The molecule has 0 aromatic heterocycles. The van der Waals surface area contributed by atoms with Gasteiger partial charge in [-0.25, -0.2) is 0 Å². The molecule has 2 nitrogen and oxygen atoms in total. The van der Waals surface area contributed by atoms with E-state index in [4.69, 9.17) is 4.74 Å². The van der Waals surface area contributed by atoms with Crippen LogP contribution in [0, 0.1) is 34.6 Å². The van der Waals surface area contributed by atoms with Crippen molar-refractivity contribution < 1.29 is 9.53 Å². The first kappa shape index (κ1) is 17.7. The quantitative estimate of drug-likeness (QED) is 0.535. The second-order valence-electron chi connectivity index (χ2n) is 7.39. The number of esters is 1. The number of hydrogen-bond donors (Lipinski definition) is 0. The van der Waals surface area contributed by atoms with Crippen LogP contribution in [0.3, 0.4) is 0 Å². The van der Waals surface area contributed by atoms with Gasteiger partial charge in [-0.05, 0) is 80.5 Å². The molecule has 1 unspecified atom stereocenters. The monoisotopic (exact) mass is 336 g/mol. The molecule has 2 aromatic rings. The zero-order valence-corrected chi connectivity index (χ0v) is 16.2. The van der Waals surface area contributed by atoms with Crippen LogP contribution in [0.1, 0.15) is 65.1 Å². The highest BCUT2D eigenvalue weighted by Gasteiger charge is 2.51. The normalized spacial score (nSPS) is 19.0. The molecule has 0 saturated carbocycles. The van der Waals surface area contributed by atoms with E-state index >= 15 is 0 Å². The van der Waals surface area contributed by atoms with Crippen LogP contribution in [0.4, 0.5) is 0 Å². The fraction of sp³-hybridized carbons (Fsp3) is 0.435. The minimum absolute atomic E-state index is 0.115. The molecule has 0 spiro atoms. The van der Waals surface area contributed by atoms with Crippen LogP contribution in [0.2, 0.25) is 0 Å². The van der Waals surface area contributed by atoms with Gasteiger partial charge in [-0.3, -0.25) is 4.79 Å². The van der Waals surface area contributed by atoms with Gasteiger partial charge < -0.3 is 4.74 Å². The van der Waals surface area contributed by atoms with Gasteiger partial charge in [-0.1, -0.05) is 38.0 Å². The summed E-state index contributed by atoms with van der Waals surface area (Å²) in [6.07, 6.45) is 2.84. The minimum Gasteiger partial charge on any atom is -0.425 e. The van der Waals surface area contributed by atoms with Gasteiger partial charge in [-0.15, -0.1) is 0 Å². The number of unbranched alkanes of at least 4 members (excludes halogenated alkanes) is 1. The van der Waals surface area contributed by atoms with E-state index in [2.05, 4.69) is 47.6 Å². The van der Waals surface area contributed by atoms with Crippen LogP contribution in [-0.2, 0) is 10.2 Å². The van der Waals surface area contributed by atoms with Gasteiger partial charge in [0.1, 0.15) is 11.2 Å². The number of rotatable bonds is 4. The molecule has 0 aliphatic carbocycles. The summed E-state index contributed by atoms with van der Waals surface area (Å²) in [5, 5.41) is 0. The van der Waals surface area contributed by atoms with Crippen LogP contribution < -0.4 is 4.74 Å². The summed E-state index contributed by atoms with van der Waals surface area (Å²) in [6.45, 7) is 13.0. The van der Waals surface area contributed by atoms with E-state index in [-0.39, 0.29) is 5.97 Å². The van der Waals surface area contributed by atoms with Gasteiger partial charge in [0.15, 0.2) is 0 Å². The number of fused-ring (bicyclic) bond motifs is 1. The fourth-order valence-electron chi connectivity index (χ4n) is 4.39. The lowest BCUT2D eigenvalue weighted by atomic mass is 9.67. The van der Waals surface area contributed by atoms with Crippen LogP contribution in [-0.4, -0.2) is 5.97 Å². The molecule has 2 heteroatoms. The average Bonchev–Trinajstić information content (AvgIpc) is 2.89.